The number of esters is 1. The highest BCUT2D eigenvalue weighted by molar-refractivity contribution is 5.89. The van der Waals surface area contributed by atoms with Crippen LogP contribution in [0.5, 0.6) is 5.75 Å². The van der Waals surface area contributed by atoms with E-state index in [0.29, 0.717) is 11.8 Å². The molecular weight excluding hydrogens is 256 g/mol. The molecule has 106 valence electrons. The third kappa shape index (κ3) is 2.76. The number of carbonyl (C=O) groups excluding carboxylic acids is 2. The van der Waals surface area contributed by atoms with Gasteiger partial charge in [-0.1, -0.05) is 25.0 Å². The number of nitrogens with one attached hydrogen (secondary N) is 1. The number of para-hydroxylation sites is 2. The van der Waals surface area contributed by atoms with Crippen molar-refractivity contribution in [2.45, 2.75) is 31.7 Å². The highest BCUT2D eigenvalue weighted by Gasteiger charge is 2.26. The largest absolute Gasteiger partial charge is 0.423 e. The van der Waals surface area contributed by atoms with Gasteiger partial charge in [0.05, 0.1) is 12.2 Å². The third-order valence-electron chi connectivity index (χ3n) is 3.80. The van der Waals surface area contributed by atoms with Crippen molar-refractivity contribution >= 4 is 17.6 Å². The van der Waals surface area contributed by atoms with E-state index in [-0.39, 0.29) is 25.0 Å². The van der Waals surface area contributed by atoms with Crippen LogP contribution >= 0.6 is 0 Å². The fourth-order valence-corrected chi connectivity index (χ4v) is 2.86. The number of fused-ring (bicyclic) bond motifs is 1. The van der Waals surface area contributed by atoms with Gasteiger partial charge in [0.25, 0.3) is 0 Å². The lowest BCUT2D eigenvalue weighted by atomic mass is 10.2. The van der Waals surface area contributed by atoms with Crippen LogP contribution in [0.15, 0.2) is 24.3 Å². The minimum absolute atomic E-state index is 0.0265. The van der Waals surface area contributed by atoms with Gasteiger partial charge in [0.1, 0.15) is 6.54 Å². The molecule has 2 aliphatic rings. The molecule has 1 heterocycles. The molecule has 0 radical (unpaired) electrons. The van der Waals surface area contributed by atoms with Crippen LogP contribution in [0, 0.1) is 0 Å². The first-order chi connectivity index (χ1) is 9.72. The van der Waals surface area contributed by atoms with Crippen LogP contribution in [0.25, 0.3) is 0 Å². The van der Waals surface area contributed by atoms with Gasteiger partial charge in [0, 0.05) is 6.04 Å². The first kappa shape index (κ1) is 13.0. The predicted molar refractivity (Wildman–Crippen MR) is 74.7 cm³/mol. The summed E-state index contributed by atoms with van der Waals surface area (Å²) in [6, 6.07) is 7.60. The number of ether oxygens (including phenoxy) is 1. The number of carbonyl (C=O) groups is 2. The molecular formula is C15H18N2O3. The smallest absolute Gasteiger partial charge is 0.331 e. The zero-order valence-corrected chi connectivity index (χ0v) is 11.3. The average molecular weight is 274 g/mol. The first-order valence-electron chi connectivity index (χ1n) is 7.06. The molecule has 1 fully saturated rings. The predicted octanol–water partition coefficient (Wildman–Crippen LogP) is 1.47. The van der Waals surface area contributed by atoms with Gasteiger partial charge in [-0.3, -0.25) is 4.79 Å². The van der Waals surface area contributed by atoms with E-state index in [2.05, 4.69) is 5.32 Å². The Balaban J connectivity index is 1.67. The maximum atomic E-state index is 12.1. The van der Waals surface area contributed by atoms with Gasteiger partial charge >= 0.3 is 5.97 Å². The summed E-state index contributed by atoms with van der Waals surface area (Å²) in [5.74, 6) is 0.177. The molecule has 5 heteroatoms. The van der Waals surface area contributed by atoms with Crippen LogP contribution in [-0.4, -0.2) is 31.0 Å². The minimum Gasteiger partial charge on any atom is -0.423 e. The van der Waals surface area contributed by atoms with E-state index in [0.717, 1.165) is 18.5 Å². The summed E-state index contributed by atoms with van der Waals surface area (Å²) in [6.45, 7) is 0.317. The van der Waals surface area contributed by atoms with Gasteiger partial charge in [0.15, 0.2) is 5.75 Å². The van der Waals surface area contributed by atoms with E-state index in [9.17, 15) is 9.59 Å². The summed E-state index contributed by atoms with van der Waals surface area (Å²) in [4.78, 5) is 25.4. The van der Waals surface area contributed by atoms with Crippen molar-refractivity contribution in [3.8, 4) is 5.75 Å². The molecule has 1 aliphatic heterocycles. The summed E-state index contributed by atoms with van der Waals surface area (Å²) < 4.78 is 5.16. The van der Waals surface area contributed by atoms with E-state index in [1.165, 1.54) is 12.8 Å². The van der Waals surface area contributed by atoms with E-state index < -0.39 is 0 Å². The number of hydrogen-bond donors (Lipinski definition) is 1. The van der Waals surface area contributed by atoms with Crippen molar-refractivity contribution in [3.63, 3.8) is 0 Å². The Morgan fingerprint density at radius 3 is 2.85 bits per heavy atom. The second-order valence-corrected chi connectivity index (χ2v) is 5.35. The molecule has 0 atom stereocenters. The summed E-state index contributed by atoms with van der Waals surface area (Å²) in [5.41, 5.74) is 0.800. The third-order valence-corrected chi connectivity index (χ3v) is 3.80. The lowest BCUT2D eigenvalue weighted by Crippen LogP contribution is -2.45. The van der Waals surface area contributed by atoms with Crippen LogP contribution in [-0.2, 0) is 9.59 Å². The van der Waals surface area contributed by atoms with Crippen LogP contribution in [0.4, 0.5) is 5.69 Å². The van der Waals surface area contributed by atoms with Crippen molar-refractivity contribution in [1.29, 1.82) is 0 Å². The normalized spacial score (nSPS) is 18.6. The second kappa shape index (κ2) is 5.53. The highest BCUT2D eigenvalue weighted by Crippen LogP contribution is 2.31. The van der Waals surface area contributed by atoms with E-state index in [1.54, 1.807) is 11.0 Å². The van der Waals surface area contributed by atoms with Crippen molar-refractivity contribution in [2.75, 3.05) is 18.0 Å². The van der Waals surface area contributed by atoms with Crippen LogP contribution in [0.2, 0.25) is 0 Å². The summed E-state index contributed by atoms with van der Waals surface area (Å²) in [7, 11) is 0. The number of nitrogens with zero attached hydrogens (tertiary/aromatic N) is 1. The van der Waals surface area contributed by atoms with Crippen LogP contribution < -0.4 is 15.0 Å². The molecule has 5 nitrogen and oxygen atoms in total. The highest BCUT2D eigenvalue weighted by atomic mass is 16.5. The molecule has 1 saturated carbocycles. The number of hydrogen-bond acceptors (Lipinski definition) is 4. The zero-order chi connectivity index (χ0) is 13.9. The van der Waals surface area contributed by atoms with Gasteiger partial charge in [-0.05, 0) is 25.0 Å². The summed E-state index contributed by atoms with van der Waals surface area (Å²) in [6.07, 6.45) is 4.49. The summed E-state index contributed by atoms with van der Waals surface area (Å²) >= 11 is 0. The lowest BCUT2D eigenvalue weighted by Gasteiger charge is -2.29. The Bertz CT molecular complexity index is 524. The standard InChI is InChI=1S/C15H18N2O3/c18-14(16-11-5-1-2-6-11)9-17-10-15(19)20-13-8-4-3-7-12(13)17/h3-4,7-8,11H,1-2,5-6,9-10H2,(H,16,18). The Labute approximate surface area is 117 Å². The fraction of sp³-hybridized carbons (Fsp3) is 0.467. The topological polar surface area (TPSA) is 58.6 Å². The van der Waals surface area contributed by atoms with Crippen LogP contribution in [0.3, 0.4) is 0 Å². The molecule has 1 aromatic rings. The molecule has 1 amide bonds. The van der Waals surface area contributed by atoms with Crippen molar-refractivity contribution in [2.24, 2.45) is 0 Å². The maximum Gasteiger partial charge on any atom is 0.331 e. The van der Waals surface area contributed by atoms with E-state index in [4.69, 9.17) is 4.74 Å². The quantitative estimate of drug-likeness (QED) is 0.670. The second-order valence-electron chi connectivity index (χ2n) is 5.35. The molecule has 1 aliphatic carbocycles. The van der Waals surface area contributed by atoms with Gasteiger partial charge in [0.2, 0.25) is 5.91 Å². The number of rotatable bonds is 3. The minimum atomic E-state index is -0.322. The van der Waals surface area contributed by atoms with E-state index >= 15 is 0 Å². The van der Waals surface area contributed by atoms with Gasteiger partial charge in [-0.25, -0.2) is 4.79 Å². The molecule has 0 aromatic heterocycles. The van der Waals surface area contributed by atoms with Gasteiger partial charge in [-0.15, -0.1) is 0 Å². The van der Waals surface area contributed by atoms with Crippen LogP contribution in [0.1, 0.15) is 25.7 Å². The molecule has 0 spiro atoms. The number of anilines is 1. The Hall–Kier alpha value is -2.04. The molecule has 0 unspecified atom stereocenters. The molecule has 20 heavy (non-hydrogen) atoms. The first-order valence-corrected chi connectivity index (χ1v) is 7.06. The molecule has 0 saturated heterocycles. The Morgan fingerprint density at radius 1 is 1.30 bits per heavy atom. The maximum absolute atomic E-state index is 12.1. The molecule has 1 N–H and O–H groups in total. The van der Waals surface area contributed by atoms with Crippen molar-refractivity contribution in [3.05, 3.63) is 24.3 Å². The fourth-order valence-electron chi connectivity index (χ4n) is 2.86. The summed E-state index contributed by atoms with van der Waals surface area (Å²) in [5, 5.41) is 3.04. The monoisotopic (exact) mass is 274 g/mol. The SMILES string of the molecule is O=C(CN1CC(=O)Oc2ccccc21)NC1CCCC1. The molecule has 3 rings (SSSR count). The number of amides is 1. The average Bonchev–Trinajstić information content (AvgIpc) is 2.91. The molecule has 1 aromatic carbocycles. The Morgan fingerprint density at radius 2 is 2.05 bits per heavy atom. The lowest BCUT2D eigenvalue weighted by molar-refractivity contribution is -0.133. The molecule has 0 bridgehead atoms. The Kier molecular flexibility index (Phi) is 3.58. The zero-order valence-electron chi connectivity index (χ0n) is 11.3. The van der Waals surface area contributed by atoms with Crippen molar-refractivity contribution in [1.82, 2.24) is 5.32 Å². The number of benzene rings is 1. The van der Waals surface area contributed by atoms with Gasteiger partial charge in [-0.2, -0.15) is 0 Å². The van der Waals surface area contributed by atoms with E-state index in [1.807, 2.05) is 18.2 Å². The van der Waals surface area contributed by atoms with Crippen molar-refractivity contribution < 1.29 is 14.3 Å². The van der Waals surface area contributed by atoms with Gasteiger partial charge < -0.3 is 15.0 Å².